The van der Waals surface area contributed by atoms with E-state index < -0.39 is 75.9 Å². The van der Waals surface area contributed by atoms with Crippen molar-refractivity contribution in [3.05, 3.63) is 162 Å². The largest absolute Gasteiger partial charge is 0.485 e. The van der Waals surface area contributed by atoms with Crippen LogP contribution in [0.5, 0.6) is 34.5 Å². The second-order valence-electron chi connectivity index (χ2n) is 21.5. The summed E-state index contributed by atoms with van der Waals surface area (Å²) in [5.41, 5.74) is 35.0. The smallest absolute Gasteiger partial charge is 0.252 e. The number of ether oxygens (including phenoxy) is 6. The summed E-state index contributed by atoms with van der Waals surface area (Å²) < 4.78 is 35.5. The molecule has 6 aromatic carbocycles. The lowest BCUT2D eigenvalue weighted by molar-refractivity contribution is -0.141. The van der Waals surface area contributed by atoms with E-state index in [2.05, 4.69) is 16.0 Å². The Balaban J connectivity index is 0.00000961. The first-order valence-electron chi connectivity index (χ1n) is 28.6. The molecule has 0 aromatic heterocycles. The van der Waals surface area contributed by atoms with Crippen LogP contribution in [0.1, 0.15) is 80.4 Å². The van der Waals surface area contributed by atoms with Crippen LogP contribution in [0, 0.1) is 0 Å². The highest BCUT2D eigenvalue weighted by Gasteiger charge is 2.50. The van der Waals surface area contributed by atoms with Crippen molar-refractivity contribution in [2.24, 2.45) is 34.4 Å². The number of Topliss-reactive ketones (excluding diaryl/α,β-unsaturated/α-hetero) is 3. The fourth-order valence-electron chi connectivity index (χ4n) is 10.6. The molecule has 0 saturated carbocycles. The van der Waals surface area contributed by atoms with Crippen molar-refractivity contribution in [3.8, 4) is 34.5 Å². The SMILES string of the molecule is Cl.NCCCC[C@@](N)(C(=O)Nc1ccc(C(c2ccc(NC(=O)[C@](N)(CCCCN)C(=O)C3COc4ccccc4O3)cc2)c2ccc(NC(=O)[C@](N)(CCCCN)C(=O)C3COc4ccccc4O3)cc2)cc1)C(=O)C1COc2ccccc2O1. The van der Waals surface area contributed by atoms with E-state index in [9.17, 15) is 28.8 Å². The molecule has 3 heterocycles. The topological polar surface area (TPSA) is 350 Å². The molecule has 6 aromatic rings. The Morgan fingerprint density at radius 3 is 0.872 bits per heavy atom. The quantitative estimate of drug-likeness (QED) is 0.0167. The molecule has 454 valence electrons. The Kier molecular flexibility index (Phi) is 21.2. The Hall–Kier alpha value is -8.41. The van der Waals surface area contributed by atoms with Gasteiger partial charge in [-0.3, -0.25) is 28.8 Å². The minimum absolute atomic E-state index is 0. The van der Waals surface area contributed by atoms with Crippen LogP contribution in [0.4, 0.5) is 17.1 Å². The first-order valence-corrected chi connectivity index (χ1v) is 28.6. The van der Waals surface area contributed by atoms with Gasteiger partial charge in [0.15, 0.2) is 69.4 Å². The van der Waals surface area contributed by atoms with Gasteiger partial charge >= 0.3 is 0 Å². The van der Waals surface area contributed by atoms with Crippen LogP contribution in [0.15, 0.2) is 146 Å². The molecule has 0 aliphatic carbocycles. The monoisotopic (exact) mass is 1200 g/mol. The number of hydrogen-bond acceptors (Lipinski definition) is 18. The van der Waals surface area contributed by atoms with Crippen molar-refractivity contribution in [1.82, 2.24) is 0 Å². The van der Waals surface area contributed by atoms with Crippen molar-refractivity contribution in [2.45, 2.75) is 98.6 Å². The van der Waals surface area contributed by atoms with Crippen molar-refractivity contribution in [2.75, 3.05) is 55.4 Å². The van der Waals surface area contributed by atoms with Gasteiger partial charge in [-0.05, 0) is 167 Å². The lowest BCUT2D eigenvalue weighted by Gasteiger charge is -2.33. The van der Waals surface area contributed by atoms with Crippen molar-refractivity contribution < 1.29 is 57.2 Å². The van der Waals surface area contributed by atoms with Gasteiger partial charge in [-0.2, -0.15) is 0 Å². The highest BCUT2D eigenvalue weighted by atomic mass is 35.5. The van der Waals surface area contributed by atoms with Crippen LogP contribution >= 0.6 is 12.4 Å². The van der Waals surface area contributed by atoms with Crippen molar-refractivity contribution >= 4 is 64.5 Å². The van der Waals surface area contributed by atoms with Gasteiger partial charge in [-0.15, -0.1) is 12.4 Å². The zero-order valence-corrected chi connectivity index (χ0v) is 48.4. The molecule has 0 fully saturated rings. The summed E-state index contributed by atoms with van der Waals surface area (Å²) in [6.07, 6.45) is -0.717. The fraction of sp³-hybridized carbons (Fsp3) is 0.344. The number of amides is 3. The lowest BCUT2D eigenvalue weighted by atomic mass is 9.84. The lowest BCUT2D eigenvalue weighted by Crippen LogP contribution is -2.62. The number of para-hydroxylation sites is 6. The first kappa shape index (κ1) is 63.6. The average molecular weight is 1200 g/mol. The summed E-state index contributed by atoms with van der Waals surface area (Å²) in [6.45, 7) is 0.598. The Morgan fingerprint density at radius 2 is 0.628 bits per heavy atom. The number of fused-ring (bicyclic) bond motifs is 3. The van der Waals surface area contributed by atoms with E-state index in [0.29, 0.717) is 110 Å². The zero-order chi connectivity index (χ0) is 60.1. The van der Waals surface area contributed by atoms with Gasteiger partial charge in [0, 0.05) is 23.0 Å². The molecule has 21 nitrogen and oxygen atoms in total. The minimum atomic E-state index is -2.01. The number of anilines is 3. The normalized spacial score (nSPS) is 18.0. The maximum atomic E-state index is 14.3. The molecule has 86 heavy (non-hydrogen) atoms. The van der Waals surface area contributed by atoms with E-state index in [0.717, 1.165) is 16.7 Å². The van der Waals surface area contributed by atoms with E-state index >= 15 is 0 Å². The summed E-state index contributed by atoms with van der Waals surface area (Å²) in [6, 6.07) is 41.8. The molecule has 0 spiro atoms. The van der Waals surface area contributed by atoms with Crippen LogP contribution in [0.2, 0.25) is 0 Å². The Bertz CT molecular complexity index is 3010. The molecule has 3 unspecified atom stereocenters. The highest BCUT2D eigenvalue weighted by molar-refractivity contribution is 6.18. The fourth-order valence-corrected chi connectivity index (χ4v) is 10.6. The molecule has 0 radical (unpaired) electrons. The molecule has 22 heteroatoms. The summed E-state index contributed by atoms with van der Waals surface area (Å²) >= 11 is 0. The van der Waals surface area contributed by atoms with Crippen LogP contribution in [0.3, 0.4) is 0 Å². The van der Waals surface area contributed by atoms with E-state index in [-0.39, 0.29) is 51.5 Å². The summed E-state index contributed by atoms with van der Waals surface area (Å²) in [5.74, 6) is -2.18. The molecule has 3 aliphatic rings. The minimum Gasteiger partial charge on any atom is -0.485 e. The van der Waals surface area contributed by atoms with Gasteiger partial charge in [0.05, 0.1) is 0 Å². The van der Waals surface area contributed by atoms with Gasteiger partial charge in [0.1, 0.15) is 19.8 Å². The summed E-state index contributed by atoms with van der Waals surface area (Å²) in [4.78, 5) is 85.5. The van der Waals surface area contributed by atoms with Crippen LogP contribution in [-0.2, 0) is 28.8 Å². The van der Waals surface area contributed by atoms with E-state index in [1.54, 1.807) is 109 Å². The number of carbonyl (C=O) groups is 6. The van der Waals surface area contributed by atoms with Crippen LogP contribution in [0.25, 0.3) is 0 Å². The van der Waals surface area contributed by atoms with Crippen LogP contribution in [-0.4, -0.2) is 109 Å². The molecule has 6 atom stereocenters. The highest BCUT2D eigenvalue weighted by Crippen LogP contribution is 2.38. The van der Waals surface area contributed by atoms with Gasteiger partial charge < -0.3 is 78.8 Å². The number of carbonyl (C=O) groups excluding carboxylic acids is 6. The molecule has 15 N–H and O–H groups in total. The number of benzene rings is 6. The summed E-state index contributed by atoms with van der Waals surface area (Å²) in [7, 11) is 0. The van der Waals surface area contributed by atoms with Gasteiger partial charge in [-0.25, -0.2) is 0 Å². The Morgan fingerprint density at radius 1 is 0.384 bits per heavy atom. The number of unbranched alkanes of at least 4 members (excludes halogenated alkanes) is 3. The molecule has 0 saturated heterocycles. The zero-order valence-electron chi connectivity index (χ0n) is 47.5. The van der Waals surface area contributed by atoms with Crippen molar-refractivity contribution in [1.29, 1.82) is 0 Å². The average Bonchev–Trinajstić information content (AvgIpc) is 2.97. The van der Waals surface area contributed by atoms with E-state index in [1.165, 1.54) is 0 Å². The second kappa shape index (κ2) is 28.7. The number of ketones is 3. The molecular formula is C64H74ClN9O12. The number of rotatable bonds is 27. The molecule has 9 rings (SSSR count). The number of nitrogens with two attached hydrogens (primary N) is 6. The molecular weight excluding hydrogens is 1120 g/mol. The number of halogens is 1. The predicted molar refractivity (Wildman–Crippen MR) is 327 cm³/mol. The first-order chi connectivity index (χ1) is 41.1. The van der Waals surface area contributed by atoms with Crippen LogP contribution < -0.4 is 78.8 Å². The maximum Gasteiger partial charge on any atom is 0.252 e. The van der Waals surface area contributed by atoms with Gasteiger partial charge in [-0.1, -0.05) is 72.8 Å². The maximum absolute atomic E-state index is 14.3. The predicted octanol–water partition coefficient (Wildman–Crippen LogP) is 5.81. The van der Waals surface area contributed by atoms with E-state index in [4.69, 9.17) is 62.8 Å². The standard InChI is InChI=1S/C64H73N9O12.ClH/c65-34-10-7-31-62(68,56(74)52-37-80-46-13-1-4-16-49(46)83-52)59(77)71-43-25-19-40(20-26-43)55(41-21-27-44(28-22-41)72-60(78)63(69,32-8-11-35-66)57(75)53-38-81-47-14-2-5-17-50(47)84-53)42-23-29-45(30-24-42)73-61(79)64(70,33-9-12-36-67)58(76)54-39-82-48-15-3-6-18-51(48)85-54;/h1-6,13-30,52-55H,7-12,31-39,65-70H2,(H,71,77)(H,72,78)(H,73,79);1H/t52?,53?,54?,55?,62-,63-,64-;/m0./s1. The Labute approximate surface area is 504 Å². The molecule has 0 bridgehead atoms. The number of nitrogens with one attached hydrogen (secondary N) is 3. The van der Waals surface area contributed by atoms with Gasteiger partial charge in [0.2, 0.25) is 17.3 Å². The molecule has 3 aliphatic heterocycles. The van der Waals surface area contributed by atoms with Gasteiger partial charge in [0.25, 0.3) is 17.7 Å². The van der Waals surface area contributed by atoms with E-state index in [1.807, 2.05) is 36.4 Å². The number of hydrogen-bond donors (Lipinski definition) is 9. The molecule has 3 amide bonds. The third-order valence-corrected chi connectivity index (χ3v) is 15.5. The second-order valence-corrected chi connectivity index (χ2v) is 21.5. The third-order valence-electron chi connectivity index (χ3n) is 15.5. The third kappa shape index (κ3) is 14.3. The summed E-state index contributed by atoms with van der Waals surface area (Å²) in [5, 5.41) is 8.59. The van der Waals surface area contributed by atoms with Crippen molar-refractivity contribution in [3.63, 3.8) is 0 Å².